The maximum Gasteiger partial charge on any atom is 0.240 e. The molecule has 0 saturated heterocycles. The third kappa shape index (κ3) is 3.30. The second kappa shape index (κ2) is 5.43. The van der Waals surface area contributed by atoms with Crippen LogP contribution in [-0.4, -0.2) is 14.5 Å². The fourth-order valence-electron chi connectivity index (χ4n) is 1.22. The molecular weight excluding hydrogens is 224 g/mol. The molecule has 0 saturated carbocycles. The van der Waals surface area contributed by atoms with Gasteiger partial charge in [0.1, 0.15) is 0 Å². The molecule has 0 aliphatic rings. The first-order chi connectivity index (χ1) is 7.49. The highest BCUT2D eigenvalue weighted by atomic mass is 32.2. The molecule has 5 heteroatoms. The SMILES string of the molecule is CCC(C)NS(=O)(=O)c1ccc(CN)cc1. The molecule has 0 fully saturated rings. The molecule has 1 aromatic carbocycles. The normalized spacial score (nSPS) is 13.7. The van der Waals surface area contributed by atoms with Crippen molar-refractivity contribution in [3.8, 4) is 0 Å². The van der Waals surface area contributed by atoms with Gasteiger partial charge in [0.2, 0.25) is 10.0 Å². The maximum absolute atomic E-state index is 11.9. The predicted octanol–water partition coefficient (Wildman–Crippen LogP) is 1.22. The van der Waals surface area contributed by atoms with Gasteiger partial charge in [-0.05, 0) is 31.0 Å². The van der Waals surface area contributed by atoms with Crippen molar-refractivity contribution >= 4 is 10.0 Å². The first-order valence-electron chi connectivity index (χ1n) is 5.31. The highest BCUT2D eigenvalue weighted by molar-refractivity contribution is 7.89. The van der Waals surface area contributed by atoms with E-state index < -0.39 is 10.0 Å². The van der Waals surface area contributed by atoms with Gasteiger partial charge in [-0.3, -0.25) is 0 Å². The Hall–Kier alpha value is -0.910. The summed E-state index contributed by atoms with van der Waals surface area (Å²) in [5, 5.41) is 0. The van der Waals surface area contributed by atoms with Crippen molar-refractivity contribution < 1.29 is 8.42 Å². The van der Waals surface area contributed by atoms with E-state index in [2.05, 4.69) is 4.72 Å². The molecule has 0 aliphatic heterocycles. The van der Waals surface area contributed by atoms with E-state index in [4.69, 9.17) is 5.73 Å². The van der Waals surface area contributed by atoms with Crippen LogP contribution in [-0.2, 0) is 16.6 Å². The number of sulfonamides is 1. The molecule has 1 aromatic rings. The highest BCUT2D eigenvalue weighted by Crippen LogP contribution is 2.11. The molecular formula is C11H18N2O2S. The molecule has 3 N–H and O–H groups in total. The molecule has 4 nitrogen and oxygen atoms in total. The fraction of sp³-hybridized carbons (Fsp3) is 0.455. The van der Waals surface area contributed by atoms with E-state index in [-0.39, 0.29) is 10.9 Å². The molecule has 0 spiro atoms. The lowest BCUT2D eigenvalue weighted by molar-refractivity contribution is 0.556. The van der Waals surface area contributed by atoms with Crippen molar-refractivity contribution in [3.63, 3.8) is 0 Å². The van der Waals surface area contributed by atoms with Gasteiger partial charge < -0.3 is 5.73 Å². The van der Waals surface area contributed by atoms with Crippen LogP contribution in [0.5, 0.6) is 0 Å². The number of hydrogen-bond donors (Lipinski definition) is 2. The van der Waals surface area contributed by atoms with Gasteiger partial charge >= 0.3 is 0 Å². The fourth-order valence-corrected chi connectivity index (χ4v) is 2.55. The number of nitrogens with one attached hydrogen (secondary N) is 1. The number of nitrogens with two attached hydrogens (primary N) is 1. The van der Waals surface area contributed by atoms with Crippen LogP contribution in [0.15, 0.2) is 29.2 Å². The Kier molecular flexibility index (Phi) is 4.46. The van der Waals surface area contributed by atoms with Gasteiger partial charge in [0.25, 0.3) is 0 Å². The molecule has 90 valence electrons. The van der Waals surface area contributed by atoms with Crippen LogP contribution >= 0.6 is 0 Å². The van der Waals surface area contributed by atoms with Gasteiger partial charge in [-0.1, -0.05) is 19.1 Å². The summed E-state index contributed by atoms with van der Waals surface area (Å²) in [5.41, 5.74) is 6.37. The van der Waals surface area contributed by atoms with Crippen LogP contribution in [0.3, 0.4) is 0 Å². The molecule has 0 bridgehead atoms. The van der Waals surface area contributed by atoms with Gasteiger partial charge in [-0.15, -0.1) is 0 Å². The third-order valence-corrected chi connectivity index (χ3v) is 4.04. The first-order valence-corrected chi connectivity index (χ1v) is 6.79. The van der Waals surface area contributed by atoms with E-state index >= 15 is 0 Å². The van der Waals surface area contributed by atoms with Crippen LogP contribution in [0.1, 0.15) is 25.8 Å². The average molecular weight is 242 g/mol. The van der Waals surface area contributed by atoms with E-state index in [9.17, 15) is 8.42 Å². The molecule has 0 radical (unpaired) electrons. The maximum atomic E-state index is 11.9. The topological polar surface area (TPSA) is 72.2 Å². The van der Waals surface area contributed by atoms with Crippen molar-refractivity contribution in [1.82, 2.24) is 4.72 Å². The second-order valence-corrected chi connectivity index (χ2v) is 5.49. The van der Waals surface area contributed by atoms with Crippen molar-refractivity contribution in [2.45, 2.75) is 37.8 Å². The molecule has 0 aliphatic carbocycles. The largest absolute Gasteiger partial charge is 0.326 e. The summed E-state index contributed by atoms with van der Waals surface area (Å²) in [4.78, 5) is 0.282. The van der Waals surface area contributed by atoms with Crippen molar-refractivity contribution in [1.29, 1.82) is 0 Å². The number of hydrogen-bond acceptors (Lipinski definition) is 3. The quantitative estimate of drug-likeness (QED) is 0.815. The lowest BCUT2D eigenvalue weighted by Crippen LogP contribution is -2.31. The Labute approximate surface area is 96.9 Å². The van der Waals surface area contributed by atoms with E-state index in [1.807, 2.05) is 13.8 Å². The van der Waals surface area contributed by atoms with E-state index in [0.717, 1.165) is 12.0 Å². The molecule has 0 amide bonds. The Bertz CT molecular complexity index is 426. The van der Waals surface area contributed by atoms with Gasteiger partial charge in [0, 0.05) is 12.6 Å². The van der Waals surface area contributed by atoms with Crippen LogP contribution in [0.4, 0.5) is 0 Å². The van der Waals surface area contributed by atoms with E-state index in [1.165, 1.54) is 0 Å². The smallest absolute Gasteiger partial charge is 0.240 e. The zero-order valence-corrected chi connectivity index (χ0v) is 10.4. The first kappa shape index (κ1) is 13.2. The summed E-state index contributed by atoms with van der Waals surface area (Å²) in [6.07, 6.45) is 0.764. The summed E-state index contributed by atoms with van der Waals surface area (Å²) in [6.45, 7) is 4.19. The molecule has 1 unspecified atom stereocenters. The molecule has 0 heterocycles. The summed E-state index contributed by atoms with van der Waals surface area (Å²) in [7, 11) is -3.39. The van der Waals surface area contributed by atoms with Gasteiger partial charge in [-0.25, -0.2) is 13.1 Å². The summed E-state index contributed by atoms with van der Waals surface area (Å²) in [5.74, 6) is 0. The summed E-state index contributed by atoms with van der Waals surface area (Å²) >= 11 is 0. The standard InChI is InChI=1S/C11H18N2O2S/c1-3-9(2)13-16(14,15)11-6-4-10(8-12)5-7-11/h4-7,9,13H,3,8,12H2,1-2H3. The summed E-state index contributed by atoms with van der Waals surface area (Å²) < 4.78 is 26.3. The summed E-state index contributed by atoms with van der Waals surface area (Å²) in [6, 6.07) is 6.55. The zero-order valence-electron chi connectivity index (χ0n) is 9.60. The number of rotatable bonds is 5. The van der Waals surface area contributed by atoms with Gasteiger partial charge in [0.05, 0.1) is 4.90 Å². The zero-order chi connectivity index (χ0) is 12.2. The third-order valence-electron chi connectivity index (χ3n) is 2.44. The predicted molar refractivity (Wildman–Crippen MR) is 64.4 cm³/mol. The average Bonchev–Trinajstić information content (AvgIpc) is 2.28. The van der Waals surface area contributed by atoms with Crippen LogP contribution < -0.4 is 10.5 Å². The second-order valence-electron chi connectivity index (χ2n) is 3.78. The minimum atomic E-state index is -3.39. The van der Waals surface area contributed by atoms with Crippen molar-refractivity contribution in [2.24, 2.45) is 5.73 Å². The van der Waals surface area contributed by atoms with E-state index in [0.29, 0.717) is 6.54 Å². The van der Waals surface area contributed by atoms with Crippen molar-refractivity contribution in [3.05, 3.63) is 29.8 Å². The molecule has 1 rings (SSSR count). The Balaban J connectivity index is 2.90. The minimum Gasteiger partial charge on any atom is -0.326 e. The lowest BCUT2D eigenvalue weighted by Gasteiger charge is -2.12. The van der Waals surface area contributed by atoms with Gasteiger partial charge in [-0.2, -0.15) is 0 Å². The van der Waals surface area contributed by atoms with Crippen LogP contribution in [0, 0.1) is 0 Å². The molecule has 16 heavy (non-hydrogen) atoms. The molecule has 0 aromatic heterocycles. The lowest BCUT2D eigenvalue weighted by atomic mass is 10.2. The highest BCUT2D eigenvalue weighted by Gasteiger charge is 2.15. The Morgan fingerprint density at radius 3 is 2.31 bits per heavy atom. The van der Waals surface area contributed by atoms with Crippen LogP contribution in [0.25, 0.3) is 0 Å². The Morgan fingerprint density at radius 2 is 1.88 bits per heavy atom. The monoisotopic (exact) mass is 242 g/mol. The Morgan fingerprint density at radius 1 is 1.31 bits per heavy atom. The molecule has 1 atom stereocenters. The van der Waals surface area contributed by atoms with E-state index in [1.54, 1.807) is 24.3 Å². The number of benzene rings is 1. The van der Waals surface area contributed by atoms with Gasteiger partial charge in [0.15, 0.2) is 0 Å². The van der Waals surface area contributed by atoms with Crippen molar-refractivity contribution in [2.75, 3.05) is 0 Å². The minimum absolute atomic E-state index is 0.0563. The van der Waals surface area contributed by atoms with Crippen LogP contribution in [0.2, 0.25) is 0 Å².